The van der Waals surface area contributed by atoms with Gasteiger partial charge in [-0.25, -0.2) is 9.67 Å². The number of fused-ring (bicyclic) bond motifs is 1. The molecule has 0 aromatic carbocycles. The Bertz CT molecular complexity index is 783. The third-order valence-electron chi connectivity index (χ3n) is 3.60. The molecule has 1 unspecified atom stereocenters. The molecule has 0 saturated heterocycles. The summed E-state index contributed by atoms with van der Waals surface area (Å²) >= 11 is 2.17. The molecule has 0 N–H and O–H groups in total. The maximum absolute atomic E-state index is 12.1. The second-order valence-corrected chi connectivity index (χ2v) is 16.8. The summed E-state index contributed by atoms with van der Waals surface area (Å²) < 4.78 is 24.2. The summed E-state index contributed by atoms with van der Waals surface area (Å²) in [4.78, 5) is 4.61. The average molecular weight is 459 g/mol. The van der Waals surface area contributed by atoms with E-state index >= 15 is 0 Å². The Balaban J connectivity index is 2.16. The fourth-order valence-electron chi connectivity index (χ4n) is 1.97. The van der Waals surface area contributed by atoms with E-state index in [2.05, 4.69) is 50.1 Å². The van der Waals surface area contributed by atoms with Gasteiger partial charge in [-0.3, -0.25) is 0 Å². The highest BCUT2D eigenvalue weighted by molar-refractivity contribution is 9.10. The van der Waals surface area contributed by atoms with Crippen molar-refractivity contribution in [2.24, 2.45) is 4.40 Å². The van der Waals surface area contributed by atoms with Crippen LogP contribution < -0.4 is 0 Å². The zero-order valence-corrected chi connectivity index (χ0v) is 19.6. The van der Waals surface area contributed by atoms with Crippen molar-refractivity contribution in [3.05, 3.63) is 22.4 Å². The van der Waals surface area contributed by atoms with Gasteiger partial charge in [0, 0.05) is 24.5 Å². The zero-order valence-electron chi connectivity index (χ0n) is 16.2. The molecule has 0 radical (unpaired) electrons. The summed E-state index contributed by atoms with van der Waals surface area (Å²) in [6, 6.07) is 3.05. The molecule has 2 aromatic heterocycles. The van der Waals surface area contributed by atoms with Crippen LogP contribution in [0.1, 0.15) is 26.5 Å². The van der Waals surface area contributed by atoms with Crippen molar-refractivity contribution < 1.29 is 9.29 Å². The molecular formula is C17H27BrN4O2SSi. The van der Waals surface area contributed by atoms with Gasteiger partial charge in [-0.1, -0.05) is 24.0 Å². The molecule has 0 aliphatic rings. The maximum atomic E-state index is 12.1. The number of ether oxygens (including phenoxy) is 1. The normalized spacial score (nSPS) is 14.5. The third kappa shape index (κ3) is 6.16. The Labute approximate surface area is 167 Å². The lowest BCUT2D eigenvalue weighted by Gasteiger charge is -2.17. The van der Waals surface area contributed by atoms with E-state index in [-0.39, 0.29) is 0 Å². The Morgan fingerprint density at radius 1 is 1.38 bits per heavy atom. The molecule has 0 aliphatic carbocycles. The second-order valence-electron chi connectivity index (χ2n) is 8.36. The predicted molar refractivity (Wildman–Crippen MR) is 115 cm³/mol. The van der Waals surface area contributed by atoms with E-state index in [0.717, 1.165) is 28.2 Å². The van der Waals surface area contributed by atoms with E-state index in [1.807, 2.05) is 26.8 Å². The summed E-state index contributed by atoms with van der Waals surface area (Å²) in [7, 11) is -1.11. The molecular weight excluding hydrogens is 432 g/mol. The molecule has 2 rings (SSSR count). The molecule has 2 aromatic rings. The van der Waals surface area contributed by atoms with Crippen LogP contribution in [0.3, 0.4) is 0 Å². The SMILES string of the molecule is CC(C)(C)[S+]([O-])N=Cc1nc2c(cnn2COCC[Si](C)(C)C)cc1Br. The number of aromatic nitrogens is 3. The van der Waals surface area contributed by atoms with Crippen molar-refractivity contribution in [1.29, 1.82) is 0 Å². The molecule has 6 nitrogen and oxygen atoms in total. The van der Waals surface area contributed by atoms with Crippen LogP contribution in [0, 0.1) is 0 Å². The quantitative estimate of drug-likeness (QED) is 0.266. The minimum atomic E-state index is -1.32. The summed E-state index contributed by atoms with van der Waals surface area (Å²) in [5, 5.41) is 5.28. The molecule has 1 atom stereocenters. The van der Waals surface area contributed by atoms with Gasteiger partial charge < -0.3 is 9.29 Å². The smallest absolute Gasteiger partial charge is 0.160 e. The number of rotatable bonds is 7. The van der Waals surface area contributed by atoms with Gasteiger partial charge in [0.25, 0.3) is 0 Å². The van der Waals surface area contributed by atoms with Crippen LogP contribution in [0.2, 0.25) is 25.7 Å². The number of halogens is 1. The van der Waals surface area contributed by atoms with E-state index in [1.165, 1.54) is 0 Å². The minimum absolute atomic E-state index is 0.368. The standard InChI is InChI=1S/C17H27BrN4O2SSi/c1-17(2,3)25(23)20-11-15-14(18)9-13-10-19-22(16(13)21-15)12-24-7-8-26(4,5)6/h9-11H,7-8,12H2,1-6H3. The van der Waals surface area contributed by atoms with Crippen molar-refractivity contribution in [3.63, 3.8) is 0 Å². The van der Waals surface area contributed by atoms with Gasteiger partial charge in [-0.15, -0.1) is 0 Å². The van der Waals surface area contributed by atoms with Crippen molar-refractivity contribution in [2.45, 2.75) is 57.9 Å². The number of hydrogen-bond donors (Lipinski definition) is 0. The van der Waals surface area contributed by atoms with Crippen LogP contribution in [-0.4, -0.2) is 45.0 Å². The van der Waals surface area contributed by atoms with Crippen LogP contribution in [0.15, 0.2) is 21.1 Å². The molecule has 0 aliphatic heterocycles. The van der Waals surface area contributed by atoms with E-state index < -0.39 is 24.2 Å². The zero-order chi connectivity index (χ0) is 19.5. The van der Waals surface area contributed by atoms with Crippen LogP contribution in [0.25, 0.3) is 11.0 Å². The van der Waals surface area contributed by atoms with Crippen LogP contribution in [0.4, 0.5) is 0 Å². The second kappa shape index (κ2) is 8.51. The highest BCUT2D eigenvalue weighted by Crippen LogP contribution is 2.22. The van der Waals surface area contributed by atoms with E-state index in [1.54, 1.807) is 17.1 Å². The lowest BCUT2D eigenvalue weighted by molar-refractivity contribution is 0.0813. The van der Waals surface area contributed by atoms with Gasteiger partial charge in [0.05, 0.1) is 6.20 Å². The van der Waals surface area contributed by atoms with E-state index in [9.17, 15) is 4.55 Å². The molecule has 0 fully saturated rings. The van der Waals surface area contributed by atoms with Gasteiger partial charge in [0.1, 0.15) is 34.7 Å². The number of nitrogens with zero attached hydrogens (tertiary/aromatic N) is 4. The Kier molecular flexibility index (Phi) is 7.06. The lowest BCUT2D eigenvalue weighted by Crippen LogP contribution is -2.25. The Morgan fingerprint density at radius 2 is 2.08 bits per heavy atom. The molecule has 2 heterocycles. The van der Waals surface area contributed by atoms with Crippen molar-refractivity contribution in [2.75, 3.05) is 6.61 Å². The average Bonchev–Trinajstić information content (AvgIpc) is 2.89. The fraction of sp³-hybridized carbons (Fsp3) is 0.588. The first kappa shape index (κ1) is 21.6. The Hall–Kier alpha value is -0.743. The fourth-order valence-corrected chi connectivity index (χ4v) is 3.67. The molecule has 9 heteroatoms. The lowest BCUT2D eigenvalue weighted by atomic mass is 10.3. The van der Waals surface area contributed by atoms with Gasteiger partial charge in [0.2, 0.25) is 0 Å². The summed E-state index contributed by atoms with van der Waals surface area (Å²) in [6.07, 6.45) is 3.32. The van der Waals surface area contributed by atoms with Crippen LogP contribution in [0.5, 0.6) is 0 Å². The van der Waals surface area contributed by atoms with E-state index in [0.29, 0.717) is 12.4 Å². The first-order valence-electron chi connectivity index (χ1n) is 8.53. The highest BCUT2D eigenvalue weighted by Gasteiger charge is 2.26. The summed E-state index contributed by atoms with van der Waals surface area (Å²) in [6.45, 7) is 13.7. The van der Waals surface area contributed by atoms with Crippen LogP contribution in [-0.2, 0) is 22.8 Å². The predicted octanol–water partition coefficient (Wildman–Crippen LogP) is 4.39. The van der Waals surface area contributed by atoms with Crippen molar-refractivity contribution in [3.8, 4) is 0 Å². The third-order valence-corrected chi connectivity index (χ3v) is 7.28. The molecule has 0 bridgehead atoms. The van der Waals surface area contributed by atoms with Crippen molar-refractivity contribution >= 4 is 52.6 Å². The first-order valence-corrected chi connectivity index (χ1v) is 14.1. The van der Waals surface area contributed by atoms with Crippen molar-refractivity contribution in [1.82, 2.24) is 14.8 Å². The first-order chi connectivity index (χ1) is 12.0. The molecule has 144 valence electrons. The minimum Gasteiger partial charge on any atom is -0.591 e. The highest BCUT2D eigenvalue weighted by atomic mass is 79.9. The van der Waals surface area contributed by atoms with Gasteiger partial charge in [-0.2, -0.15) is 5.10 Å². The molecule has 26 heavy (non-hydrogen) atoms. The molecule has 0 spiro atoms. The van der Waals surface area contributed by atoms with Crippen LogP contribution >= 0.6 is 15.9 Å². The monoisotopic (exact) mass is 458 g/mol. The van der Waals surface area contributed by atoms with E-state index in [4.69, 9.17) is 4.74 Å². The molecule has 0 amide bonds. The Morgan fingerprint density at radius 3 is 2.69 bits per heavy atom. The molecule has 0 saturated carbocycles. The van der Waals surface area contributed by atoms with Gasteiger partial charge in [0.15, 0.2) is 5.65 Å². The largest absolute Gasteiger partial charge is 0.591 e. The van der Waals surface area contributed by atoms with Gasteiger partial charge in [-0.05, 0) is 48.8 Å². The number of pyridine rings is 1. The van der Waals surface area contributed by atoms with Gasteiger partial charge >= 0.3 is 0 Å². The number of hydrogen-bond acceptors (Lipinski definition) is 5. The topological polar surface area (TPSA) is 75.4 Å². The maximum Gasteiger partial charge on any atom is 0.160 e. The summed E-state index contributed by atoms with van der Waals surface area (Å²) in [5.74, 6) is 0. The summed E-state index contributed by atoms with van der Waals surface area (Å²) in [5.41, 5.74) is 1.35.